The van der Waals surface area contributed by atoms with Crippen LogP contribution in [0.2, 0.25) is 10.0 Å². The van der Waals surface area contributed by atoms with E-state index in [1.54, 1.807) is 30.3 Å². The van der Waals surface area contributed by atoms with E-state index in [0.717, 1.165) is 17.0 Å². The van der Waals surface area contributed by atoms with Crippen molar-refractivity contribution in [3.8, 4) is 5.75 Å². The first-order chi connectivity index (χ1) is 15.3. The number of carbonyl (C=O) groups is 1. The maximum atomic E-state index is 12.5. The van der Waals surface area contributed by atoms with Gasteiger partial charge in [-0.15, -0.1) is 0 Å². The Bertz CT molecular complexity index is 1120. The second kappa shape index (κ2) is 10.8. The zero-order valence-electron chi connectivity index (χ0n) is 17.5. The van der Waals surface area contributed by atoms with Crippen LogP contribution in [0.15, 0.2) is 53.5 Å². The Balaban J connectivity index is 1.72. The Labute approximate surface area is 195 Å². The fraction of sp³-hybridized carbons (Fsp3) is 0.182. The van der Waals surface area contributed by atoms with E-state index < -0.39 is 6.03 Å². The van der Waals surface area contributed by atoms with Gasteiger partial charge in [0.15, 0.2) is 0 Å². The molecule has 2 aromatic carbocycles. The van der Waals surface area contributed by atoms with Gasteiger partial charge in [-0.1, -0.05) is 35.3 Å². The monoisotopic (exact) mass is 472 g/mol. The van der Waals surface area contributed by atoms with Crippen LogP contribution in [0, 0.1) is 13.8 Å². The maximum Gasteiger partial charge on any atom is 0.326 e. The van der Waals surface area contributed by atoms with Gasteiger partial charge in [-0.3, -0.25) is 15.6 Å². The van der Waals surface area contributed by atoms with Gasteiger partial charge in [0.1, 0.15) is 5.75 Å². The predicted octanol–water partition coefficient (Wildman–Crippen LogP) is 4.94. The van der Waals surface area contributed by atoms with Crippen molar-refractivity contribution in [1.29, 1.82) is 0 Å². The summed E-state index contributed by atoms with van der Waals surface area (Å²) in [6.07, 6.45) is 0.606. The molecule has 0 saturated heterocycles. The lowest BCUT2D eigenvalue weighted by Gasteiger charge is -2.13. The van der Waals surface area contributed by atoms with Crippen molar-refractivity contribution in [3.63, 3.8) is 0 Å². The summed E-state index contributed by atoms with van der Waals surface area (Å²) < 4.78 is 0. The molecular formula is C22H22Cl2N6O2. The van der Waals surface area contributed by atoms with Gasteiger partial charge in [0.25, 0.3) is 0 Å². The topological polar surface area (TPSA) is 112 Å². The van der Waals surface area contributed by atoms with E-state index in [1.165, 1.54) is 0 Å². The Kier molecular flexibility index (Phi) is 7.86. The van der Waals surface area contributed by atoms with E-state index >= 15 is 0 Å². The molecule has 32 heavy (non-hydrogen) atoms. The number of anilines is 2. The van der Waals surface area contributed by atoms with Gasteiger partial charge in [-0.05, 0) is 62.2 Å². The molecule has 0 radical (unpaired) electrons. The number of aromatic nitrogens is 2. The molecule has 0 aliphatic rings. The first kappa shape index (κ1) is 23.3. The Morgan fingerprint density at radius 3 is 2.31 bits per heavy atom. The third kappa shape index (κ3) is 7.11. The molecule has 0 aliphatic heterocycles. The second-order valence-electron chi connectivity index (χ2n) is 6.95. The summed E-state index contributed by atoms with van der Waals surface area (Å²) in [5.74, 6) is 0.708. The quantitative estimate of drug-likeness (QED) is 0.310. The standard InChI is InChI=1S/C22H22Cl2N6O2/c1-13-11-14(2)27-21(26-13)29-20(25-10-9-15-3-6-17(31)7-4-15)30-22(32)28-16-5-8-18(23)19(24)12-16/h3-8,11-12,31H,9-10H2,1-2H3,(H3,25,26,27,28,29,30,32). The van der Waals surface area contributed by atoms with Crippen LogP contribution in [0.25, 0.3) is 0 Å². The first-order valence-electron chi connectivity index (χ1n) is 9.73. The van der Waals surface area contributed by atoms with Crippen molar-refractivity contribution in [2.75, 3.05) is 17.2 Å². The van der Waals surface area contributed by atoms with Crippen molar-refractivity contribution in [1.82, 2.24) is 15.3 Å². The van der Waals surface area contributed by atoms with E-state index in [4.69, 9.17) is 23.2 Å². The van der Waals surface area contributed by atoms with Crippen LogP contribution in [-0.2, 0) is 6.42 Å². The maximum absolute atomic E-state index is 12.5. The van der Waals surface area contributed by atoms with Crippen LogP contribution < -0.4 is 16.0 Å². The fourth-order valence-electron chi connectivity index (χ4n) is 2.80. The minimum Gasteiger partial charge on any atom is -0.508 e. The van der Waals surface area contributed by atoms with Crippen LogP contribution in [0.3, 0.4) is 0 Å². The van der Waals surface area contributed by atoms with Crippen LogP contribution in [0.5, 0.6) is 5.75 Å². The highest BCUT2D eigenvalue weighted by Crippen LogP contribution is 2.24. The molecule has 10 heteroatoms. The molecule has 0 atom stereocenters. The molecule has 4 N–H and O–H groups in total. The van der Waals surface area contributed by atoms with Crippen molar-refractivity contribution < 1.29 is 9.90 Å². The highest BCUT2D eigenvalue weighted by molar-refractivity contribution is 6.42. The zero-order valence-corrected chi connectivity index (χ0v) is 19.0. The van der Waals surface area contributed by atoms with Crippen molar-refractivity contribution in [2.24, 2.45) is 4.99 Å². The average Bonchev–Trinajstić information content (AvgIpc) is 2.71. The van der Waals surface area contributed by atoms with Gasteiger partial charge >= 0.3 is 6.03 Å². The van der Waals surface area contributed by atoms with Gasteiger partial charge in [-0.2, -0.15) is 0 Å². The Hall–Kier alpha value is -3.36. The number of nitrogens with zero attached hydrogens (tertiary/aromatic N) is 3. The molecule has 0 unspecified atom stereocenters. The molecule has 0 bridgehead atoms. The largest absolute Gasteiger partial charge is 0.508 e. The van der Waals surface area contributed by atoms with Crippen LogP contribution in [-0.4, -0.2) is 33.6 Å². The third-order valence-corrected chi connectivity index (χ3v) is 4.97. The zero-order chi connectivity index (χ0) is 23.1. The lowest BCUT2D eigenvalue weighted by atomic mass is 10.1. The van der Waals surface area contributed by atoms with Gasteiger partial charge in [0.05, 0.1) is 10.0 Å². The molecule has 0 aliphatic carbocycles. The smallest absolute Gasteiger partial charge is 0.326 e. The lowest BCUT2D eigenvalue weighted by molar-refractivity contribution is 0.256. The van der Waals surface area contributed by atoms with Gasteiger partial charge in [0.2, 0.25) is 11.9 Å². The number of phenols is 1. The molecule has 0 spiro atoms. The molecule has 0 saturated carbocycles. The number of rotatable bonds is 5. The summed E-state index contributed by atoms with van der Waals surface area (Å²) in [6.45, 7) is 4.09. The van der Waals surface area contributed by atoms with E-state index in [1.807, 2.05) is 32.0 Å². The van der Waals surface area contributed by atoms with Crippen molar-refractivity contribution >= 4 is 46.8 Å². The van der Waals surface area contributed by atoms with Gasteiger partial charge in [0, 0.05) is 23.6 Å². The summed E-state index contributed by atoms with van der Waals surface area (Å²) >= 11 is 11.9. The number of urea groups is 1. The molecule has 3 rings (SSSR count). The first-order valence-corrected chi connectivity index (χ1v) is 10.5. The predicted molar refractivity (Wildman–Crippen MR) is 128 cm³/mol. The average molecular weight is 473 g/mol. The fourth-order valence-corrected chi connectivity index (χ4v) is 3.10. The Morgan fingerprint density at radius 1 is 0.969 bits per heavy atom. The van der Waals surface area contributed by atoms with Crippen LogP contribution in [0.4, 0.5) is 16.4 Å². The van der Waals surface area contributed by atoms with Gasteiger partial charge < -0.3 is 10.4 Å². The second-order valence-corrected chi connectivity index (χ2v) is 7.77. The highest BCUT2D eigenvalue weighted by atomic mass is 35.5. The number of hydrogen-bond acceptors (Lipinski definition) is 5. The lowest BCUT2D eigenvalue weighted by Crippen LogP contribution is -2.39. The van der Waals surface area contributed by atoms with Crippen LogP contribution in [0.1, 0.15) is 17.0 Å². The van der Waals surface area contributed by atoms with Crippen LogP contribution >= 0.6 is 23.2 Å². The molecular weight excluding hydrogens is 451 g/mol. The molecule has 0 fully saturated rings. The number of phenolic OH excluding ortho intramolecular Hbond substituents is 1. The summed E-state index contributed by atoms with van der Waals surface area (Å²) in [6, 6.07) is 13.0. The Morgan fingerprint density at radius 2 is 1.66 bits per heavy atom. The molecule has 1 heterocycles. The number of hydrogen-bond donors (Lipinski definition) is 4. The number of aliphatic imine (C=N–C) groups is 1. The summed E-state index contributed by atoms with van der Waals surface area (Å²) in [5, 5.41) is 18.4. The summed E-state index contributed by atoms with van der Waals surface area (Å²) in [5.41, 5.74) is 3.03. The van der Waals surface area contributed by atoms with E-state index in [9.17, 15) is 9.90 Å². The number of aryl methyl sites for hydroxylation is 2. The third-order valence-electron chi connectivity index (χ3n) is 4.23. The van der Waals surface area contributed by atoms with E-state index in [2.05, 4.69) is 30.9 Å². The number of halogens is 2. The van der Waals surface area contributed by atoms with Crippen molar-refractivity contribution in [2.45, 2.75) is 20.3 Å². The number of guanidine groups is 1. The normalized spacial score (nSPS) is 11.2. The van der Waals surface area contributed by atoms with E-state index in [-0.39, 0.29) is 11.7 Å². The number of nitrogens with one attached hydrogen (secondary N) is 3. The highest BCUT2D eigenvalue weighted by Gasteiger charge is 2.10. The minimum atomic E-state index is -0.524. The molecule has 8 nitrogen and oxygen atoms in total. The summed E-state index contributed by atoms with van der Waals surface area (Å²) in [7, 11) is 0. The number of benzene rings is 2. The molecule has 3 aromatic rings. The molecule has 166 valence electrons. The molecule has 1 aromatic heterocycles. The number of amides is 2. The SMILES string of the molecule is Cc1cc(C)nc(NC(=NCCc2ccc(O)cc2)NC(=O)Nc2ccc(Cl)c(Cl)c2)n1. The van der Waals surface area contributed by atoms with Gasteiger partial charge in [-0.25, -0.2) is 14.8 Å². The van der Waals surface area contributed by atoms with Crippen molar-refractivity contribution in [3.05, 3.63) is 75.5 Å². The minimum absolute atomic E-state index is 0.186. The summed E-state index contributed by atoms with van der Waals surface area (Å²) in [4.78, 5) is 25.6. The number of aromatic hydroxyl groups is 1. The van der Waals surface area contributed by atoms with E-state index in [0.29, 0.717) is 34.6 Å². The molecule has 2 amide bonds. The number of carbonyl (C=O) groups excluding carboxylic acids is 1.